The predicted octanol–water partition coefficient (Wildman–Crippen LogP) is 5.24. The number of rotatable bonds is 8. The molecule has 4 aromatic rings. The van der Waals surface area contributed by atoms with Gasteiger partial charge in [0.1, 0.15) is 0 Å². The van der Waals surface area contributed by atoms with Crippen LogP contribution in [0, 0.1) is 6.92 Å². The predicted molar refractivity (Wildman–Crippen MR) is 124 cm³/mol. The second-order valence-corrected chi connectivity index (χ2v) is 9.56. The molecule has 0 spiro atoms. The Kier molecular flexibility index (Phi) is 6.35. The van der Waals surface area contributed by atoms with Crippen LogP contribution in [0.5, 0.6) is 0 Å². The van der Waals surface area contributed by atoms with Crippen LogP contribution in [0.3, 0.4) is 0 Å². The van der Waals surface area contributed by atoms with E-state index in [9.17, 15) is 8.42 Å². The van der Waals surface area contributed by atoms with Crippen LogP contribution < -0.4 is 0 Å². The van der Waals surface area contributed by atoms with Crippen molar-refractivity contribution in [2.45, 2.75) is 31.5 Å². The molecular formula is C26H26N2O2S. The third-order valence-electron chi connectivity index (χ3n) is 5.45. The molecule has 4 rings (SSSR count). The van der Waals surface area contributed by atoms with Crippen molar-refractivity contribution in [3.05, 3.63) is 126 Å². The van der Waals surface area contributed by atoms with E-state index < -0.39 is 10.0 Å². The normalized spacial score (nSPS) is 11.7. The van der Waals surface area contributed by atoms with Crippen LogP contribution >= 0.6 is 0 Å². The van der Waals surface area contributed by atoms with Gasteiger partial charge in [-0.2, -0.15) is 4.31 Å². The summed E-state index contributed by atoms with van der Waals surface area (Å²) in [7, 11) is -3.65. The molecule has 0 bridgehead atoms. The summed E-state index contributed by atoms with van der Waals surface area (Å²) in [5.41, 5.74) is 4.36. The van der Waals surface area contributed by atoms with E-state index in [1.165, 1.54) is 11.1 Å². The number of nitrogens with zero attached hydrogens (tertiary/aromatic N) is 2. The van der Waals surface area contributed by atoms with Gasteiger partial charge in [0.15, 0.2) is 0 Å². The standard InChI is InChI=1S/C26H26N2O2S/c1-22-11-8-9-14-24(22)20-27-18-10-15-25(27)21-28(19-23-12-4-2-5-13-23)31(29,30)26-16-6-3-7-17-26/h2-18H,19-21H2,1H3. The number of sulfonamides is 1. The maximum Gasteiger partial charge on any atom is 0.243 e. The van der Waals surface area contributed by atoms with Crippen molar-refractivity contribution in [3.63, 3.8) is 0 Å². The fourth-order valence-electron chi connectivity index (χ4n) is 3.65. The lowest BCUT2D eigenvalue weighted by Gasteiger charge is -2.23. The maximum atomic E-state index is 13.5. The van der Waals surface area contributed by atoms with E-state index in [-0.39, 0.29) is 0 Å². The van der Waals surface area contributed by atoms with Crippen LogP contribution in [0.15, 0.2) is 108 Å². The Morgan fingerprint density at radius 3 is 2.10 bits per heavy atom. The topological polar surface area (TPSA) is 42.3 Å². The molecule has 3 aromatic carbocycles. The van der Waals surface area contributed by atoms with Gasteiger partial charge in [0.25, 0.3) is 0 Å². The first-order valence-corrected chi connectivity index (χ1v) is 11.8. The summed E-state index contributed by atoms with van der Waals surface area (Å²) >= 11 is 0. The van der Waals surface area contributed by atoms with E-state index in [0.29, 0.717) is 24.5 Å². The lowest BCUT2D eigenvalue weighted by atomic mass is 10.1. The quantitative estimate of drug-likeness (QED) is 0.384. The van der Waals surface area contributed by atoms with Crippen molar-refractivity contribution >= 4 is 10.0 Å². The summed E-state index contributed by atoms with van der Waals surface area (Å²) in [5.74, 6) is 0. The van der Waals surface area contributed by atoms with Crippen molar-refractivity contribution < 1.29 is 8.42 Å². The average molecular weight is 431 g/mol. The Bertz CT molecular complexity index is 1230. The maximum absolute atomic E-state index is 13.5. The molecule has 0 atom stereocenters. The molecule has 0 saturated heterocycles. The molecule has 0 saturated carbocycles. The molecule has 4 nitrogen and oxygen atoms in total. The third kappa shape index (κ3) is 4.95. The molecule has 0 aliphatic carbocycles. The molecule has 0 aliphatic rings. The fraction of sp³-hybridized carbons (Fsp3) is 0.154. The molecule has 158 valence electrons. The van der Waals surface area contributed by atoms with E-state index in [1.807, 2.05) is 66.9 Å². The highest BCUT2D eigenvalue weighted by Gasteiger charge is 2.25. The molecule has 0 N–H and O–H groups in total. The Labute approximate surface area is 184 Å². The van der Waals surface area contributed by atoms with Crippen molar-refractivity contribution in [3.8, 4) is 0 Å². The van der Waals surface area contributed by atoms with E-state index in [2.05, 4.69) is 23.6 Å². The average Bonchev–Trinajstić information content (AvgIpc) is 3.23. The molecular weight excluding hydrogens is 404 g/mol. The number of hydrogen-bond acceptors (Lipinski definition) is 2. The van der Waals surface area contributed by atoms with Gasteiger partial charge in [-0.3, -0.25) is 0 Å². The molecule has 1 aromatic heterocycles. The Morgan fingerprint density at radius 2 is 1.39 bits per heavy atom. The highest BCUT2D eigenvalue weighted by molar-refractivity contribution is 7.89. The van der Waals surface area contributed by atoms with Crippen LogP contribution in [0.1, 0.15) is 22.4 Å². The first-order chi connectivity index (χ1) is 15.0. The molecule has 0 radical (unpaired) electrons. The summed E-state index contributed by atoms with van der Waals surface area (Å²) in [6.07, 6.45) is 2.01. The fourth-order valence-corrected chi connectivity index (χ4v) is 5.07. The largest absolute Gasteiger partial charge is 0.346 e. The van der Waals surface area contributed by atoms with E-state index in [4.69, 9.17) is 0 Å². The van der Waals surface area contributed by atoms with Crippen molar-refractivity contribution in [1.82, 2.24) is 8.87 Å². The molecule has 0 amide bonds. The molecule has 5 heteroatoms. The number of aromatic nitrogens is 1. The second-order valence-electron chi connectivity index (χ2n) is 7.63. The molecule has 0 unspecified atom stereocenters. The first-order valence-electron chi connectivity index (χ1n) is 10.3. The monoisotopic (exact) mass is 430 g/mol. The zero-order chi connectivity index (χ0) is 21.7. The van der Waals surface area contributed by atoms with Gasteiger partial charge in [-0.25, -0.2) is 8.42 Å². The van der Waals surface area contributed by atoms with Crippen LogP contribution in [-0.2, 0) is 29.7 Å². The van der Waals surface area contributed by atoms with Crippen LogP contribution in [0.2, 0.25) is 0 Å². The third-order valence-corrected chi connectivity index (χ3v) is 7.25. The van der Waals surface area contributed by atoms with Gasteiger partial charge in [0.2, 0.25) is 10.0 Å². The smallest absolute Gasteiger partial charge is 0.243 e. The first kappa shape index (κ1) is 21.1. The van der Waals surface area contributed by atoms with Crippen LogP contribution in [0.4, 0.5) is 0 Å². The summed E-state index contributed by atoms with van der Waals surface area (Å²) in [6.45, 7) is 3.41. The molecule has 31 heavy (non-hydrogen) atoms. The lowest BCUT2D eigenvalue weighted by molar-refractivity contribution is 0.391. The summed E-state index contributed by atoms with van der Waals surface area (Å²) in [5, 5.41) is 0. The van der Waals surface area contributed by atoms with Crippen molar-refractivity contribution in [2.24, 2.45) is 0 Å². The van der Waals surface area contributed by atoms with Gasteiger partial charge in [-0.1, -0.05) is 72.8 Å². The van der Waals surface area contributed by atoms with E-state index >= 15 is 0 Å². The van der Waals surface area contributed by atoms with E-state index in [0.717, 1.165) is 11.3 Å². The van der Waals surface area contributed by atoms with Crippen LogP contribution in [0.25, 0.3) is 0 Å². The Morgan fingerprint density at radius 1 is 0.742 bits per heavy atom. The van der Waals surface area contributed by atoms with Gasteiger partial charge in [-0.05, 0) is 47.9 Å². The summed E-state index contributed by atoms with van der Waals surface area (Å²) in [6, 6.07) is 30.6. The number of aryl methyl sites for hydroxylation is 1. The van der Waals surface area contributed by atoms with Crippen molar-refractivity contribution in [2.75, 3.05) is 0 Å². The summed E-state index contributed by atoms with van der Waals surface area (Å²) < 4.78 is 30.7. The van der Waals surface area contributed by atoms with Gasteiger partial charge in [0, 0.05) is 25.0 Å². The highest BCUT2D eigenvalue weighted by atomic mass is 32.2. The molecule has 0 fully saturated rings. The van der Waals surface area contributed by atoms with Crippen LogP contribution in [-0.4, -0.2) is 17.3 Å². The highest BCUT2D eigenvalue weighted by Crippen LogP contribution is 2.22. The molecule has 0 aliphatic heterocycles. The summed E-state index contributed by atoms with van der Waals surface area (Å²) in [4.78, 5) is 0.308. The molecule has 1 heterocycles. The minimum absolute atomic E-state index is 0.297. The Balaban J connectivity index is 1.66. The SMILES string of the molecule is Cc1ccccc1Cn1cccc1CN(Cc1ccccc1)S(=O)(=O)c1ccccc1. The lowest BCUT2D eigenvalue weighted by Crippen LogP contribution is -2.31. The zero-order valence-corrected chi connectivity index (χ0v) is 18.4. The van der Waals surface area contributed by atoms with Crippen molar-refractivity contribution in [1.29, 1.82) is 0 Å². The van der Waals surface area contributed by atoms with Gasteiger partial charge < -0.3 is 4.57 Å². The Hall–Kier alpha value is -3.15. The number of hydrogen-bond donors (Lipinski definition) is 0. The van der Waals surface area contributed by atoms with Gasteiger partial charge in [-0.15, -0.1) is 0 Å². The second kappa shape index (κ2) is 9.33. The van der Waals surface area contributed by atoms with Gasteiger partial charge >= 0.3 is 0 Å². The minimum atomic E-state index is -3.65. The minimum Gasteiger partial charge on any atom is -0.346 e. The van der Waals surface area contributed by atoms with Gasteiger partial charge in [0.05, 0.1) is 11.4 Å². The van der Waals surface area contributed by atoms with E-state index in [1.54, 1.807) is 28.6 Å². The zero-order valence-electron chi connectivity index (χ0n) is 17.6. The number of benzene rings is 3.